The van der Waals surface area contributed by atoms with Crippen molar-refractivity contribution >= 4 is 11.7 Å². The summed E-state index contributed by atoms with van der Waals surface area (Å²) in [4.78, 5) is 21.3. The molecule has 2 aliphatic rings. The van der Waals surface area contributed by atoms with Crippen molar-refractivity contribution in [2.24, 2.45) is 4.99 Å². The molecule has 27 heavy (non-hydrogen) atoms. The summed E-state index contributed by atoms with van der Waals surface area (Å²) in [5, 5.41) is 3.35. The second-order valence-electron chi connectivity index (χ2n) is 6.06. The Bertz CT molecular complexity index is 1050. The van der Waals surface area contributed by atoms with Crippen LogP contribution in [0.15, 0.2) is 53.4 Å². The van der Waals surface area contributed by atoms with E-state index in [0.717, 1.165) is 34.8 Å². The number of nitrogens with zero attached hydrogens (tertiary/aromatic N) is 3. The van der Waals surface area contributed by atoms with Crippen LogP contribution >= 0.6 is 0 Å². The fourth-order valence-electron chi connectivity index (χ4n) is 3.22. The molecule has 0 saturated heterocycles. The normalized spacial score (nSPS) is 14.7. The lowest BCUT2D eigenvalue weighted by atomic mass is 10.0. The Morgan fingerprint density at radius 1 is 1.44 bits per heavy atom. The van der Waals surface area contributed by atoms with Gasteiger partial charge in [0.15, 0.2) is 5.69 Å². The number of carbonyl (C=O) groups excluding carboxylic acids is 1. The molecule has 0 spiro atoms. The van der Waals surface area contributed by atoms with Gasteiger partial charge in [-0.05, 0) is 31.2 Å². The molecular formula is C21H18N4O2. The van der Waals surface area contributed by atoms with E-state index in [1.54, 1.807) is 13.3 Å². The summed E-state index contributed by atoms with van der Waals surface area (Å²) in [5.74, 6) is 2.24. The molecule has 0 saturated carbocycles. The van der Waals surface area contributed by atoms with Crippen molar-refractivity contribution in [1.29, 1.82) is 0 Å². The van der Waals surface area contributed by atoms with Gasteiger partial charge in [0.25, 0.3) is 0 Å². The quantitative estimate of drug-likeness (QED) is 0.676. The first-order valence-electron chi connectivity index (χ1n) is 8.73. The molecule has 2 aromatic rings. The van der Waals surface area contributed by atoms with Crippen LogP contribution in [0.3, 0.4) is 0 Å². The molecule has 0 unspecified atom stereocenters. The summed E-state index contributed by atoms with van der Waals surface area (Å²) >= 11 is 0. The molecule has 0 atom stereocenters. The Morgan fingerprint density at radius 3 is 3.07 bits per heavy atom. The van der Waals surface area contributed by atoms with E-state index in [-0.39, 0.29) is 0 Å². The third-order valence-corrected chi connectivity index (χ3v) is 4.46. The zero-order valence-corrected chi connectivity index (χ0v) is 14.9. The predicted molar refractivity (Wildman–Crippen MR) is 103 cm³/mol. The Kier molecular flexibility index (Phi) is 4.35. The highest BCUT2D eigenvalue weighted by molar-refractivity contribution is 6.15. The summed E-state index contributed by atoms with van der Waals surface area (Å²) in [6, 6.07) is 5.75. The number of carbonyl (C=O) groups is 1. The van der Waals surface area contributed by atoms with Gasteiger partial charge in [0.2, 0.25) is 0 Å². The molecule has 1 N–H and O–H groups in total. The predicted octanol–water partition coefficient (Wildman–Crippen LogP) is 2.38. The van der Waals surface area contributed by atoms with Crippen LogP contribution in [-0.2, 0) is 11.3 Å². The van der Waals surface area contributed by atoms with Gasteiger partial charge in [0.1, 0.15) is 6.33 Å². The van der Waals surface area contributed by atoms with Crippen LogP contribution in [0.2, 0.25) is 0 Å². The van der Waals surface area contributed by atoms with Crippen LogP contribution in [0.5, 0.6) is 0 Å². The van der Waals surface area contributed by atoms with Crippen molar-refractivity contribution < 1.29 is 9.53 Å². The van der Waals surface area contributed by atoms with Gasteiger partial charge >= 0.3 is 5.97 Å². The SMILES string of the molecule is C#Cc1ccc2c(c1)C(C1=CC=CCN1)=NCc1c(C(=O)OCC)ncn1-2. The molecule has 4 rings (SSSR count). The number of rotatable bonds is 3. The third kappa shape index (κ3) is 2.93. The minimum atomic E-state index is -0.440. The number of terminal acetylenes is 1. The first kappa shape index (κ1) is 16.9. The van der Waals surface area contributed by atoms with Gasteiger partial charge in [-0.15, -0.1) is 6.42 Å². The van der Waals surface area contributed by atoms with Gasteiger partial charge in [0.05, 0.1) is 35.9 Å². The maximum absolute atomic E-state index is 12.3. The minimum absolute atomic E-state index is 0.291. The molecule has 6 heteroatoms. The van der Waals surface area contributed by atoms with Crippen molar-refractivity contribution in [3.05, 3.63) is 71.0 Å². The third-order valence-electron chi connectivity index (χ3n) is 4.46. The number of benzene rings is 1. The highest BCUT2D eigenvalue weighted by atomic mass is 16.5. The highest BCUT2D eigenvalue weighted by Crippen LogP contribution is 2.27. The number of dihydropyridines is 1. The van der Waals surface area contributed by atoms with E-state index in [9.17, 15) is 4.79 Å². The zero-order valence-electron chi connectivity index (χ0n) is 14.9. The van der Waals surface area contributed by atoms with Crippen LogP contribution in [-0.4, -0.2) is 34.4 Å². The number of allylic oxidation sites excluding steroid dienone is 3. The minimum Gasteiger partial charge on any atom is -0.461 e. The van der Waals surface area contributed by atoms with Crippen LogP contribution in [0.1, 0.15) is 34.2 Å². The molecule has 0 aliphatic carbocycles. The number of aliphatic imine (C=N–C) groups is 1. The van der Waals surface area contributed by atoms with E-state index in [4.69, 9.17) is 16.2 Å². The highest BCUT2D eigenvalue weighted by Gasteiger charge is 2.26. The smallest absolute Gasteiger partial charge is 0.358 e. The van der Waals surface area contributed by atoms with Gasteiger partial charge in [-0.2, -0.15) is 0 Å². The number of ether oxygens (including phenoxy) is 1. The van der Waals surface area contributed by atoms with E-state index in [2.05, 4.69) is 16.2 Å². The van der Waals surface area contributed by atoms with E-state index in [0.29, 0.717) is 24.5 Å². The van der Waals surface area contributed by atoms with Gasteiger partial charge in [-0.3, -0.25) is 9.56 Å². The summed E-state index contributed by atoms with van der Waals surface area (Å²) in [7, 11) is 0. The second kappa shape index (κ2) is 6.96. The van der Waals surface area contributed by atoms with Crippen LogP contribution in [0, 0.1) is 12.3 Å². The largest absolute Gasteiger partial charge is 0.461 e. The van der Waals surface area contributed by atoms with E-state index in [1.807, 2.05) is 41.0 Å². The molecule has 0 radical (unpaired) electrons. The molecular weight excluding hydrogens is 340 g/mol. The van der Waals surface area contributed by atoms with Gasteiger partial charge in [-0.25, -0.2) is 9.78 Å². The number of hydrogen-bond acceptors (Lipinski definition) is 5. The monoisotopic (exact) mass is 358 g/mol. The number of fused-ring (bicyclic) bond motifs is 3. The van der Waals surface area contributed by atoms with Crippen LogP contribution in [0.25, 0.3) is 5.69 Å². The number of hydrogen-bond donors (Lipinski definition) is 1. The van der Waals surface area contributed by atoms with E-state index in [1.165, 1.54) is 0 Å². The molecule has 1 aromatic heterocycles. The average molecular weight is 358 g/mol. The molecule has 0 amide bonds. The van der Waals surface area contributed by atoms with Crippen molar-refractivity contribution in [3.8, 4) is 18.0 Å². The zero-order chi connectivity index (χ0) is 18.8. The van der Waals surface area contributed by atoms with Gasteiger partial charge < -0.3 is 10.1 Å². The van der Waals surface area contributed by atoms with Gasteiger partial charge in [0, 0.05) is 17.7 Å². The molecule has 1 aromatic carbocycles. The topological polar surface area (TPSA) is 68.5 Å². The summed E-state index contributed by atoms with van der Waals surface area (Å²) < 4.78 is 7.02. The maximum Gasteiger partial charge on any atom is 0.358 e. The summed E-state index contributed by atoms with van der Waals surface area (Å²) in [5.41, 5.74) is 5.26. The lowest BCUT2D eigenvalue weighted by molar-refractivity contribution is 0.0518. The Labute approximate surface area is 157 Å². The molecule has 3 heterocycles. The fraction of sp³-hybridized carbons (Fsp3) is 0.190. The van der Waals surface area contributed by atoms with Crippen molar-refractivity contribution in [2.75, 3.05) is 13.2 Å². The number of nitrogens with one attached hydrogen (secondary N) is 1. The van der Waals surface area contributed by atoms with Crippen molar-refractivity contribution in [1.82, 2.24) is 14.9 Å². The standard InChI is InChI=1S/C21H18N4O2/c1-3-14-8-9-17-15(11-14)19(16-7-5-6-10-22-16)23-12-18-20(21(26)27-4-2)24-13-25(17)18/h1,5-9,11,13,22H,4,10,12H2,2H3. The average Bonchev–Trinajstić information content (AvgIpc) is 3.06. The Hall–Kier alpha value is -3.59. The number of imidazole rings is 1. The first-order valence-corrected chi connectivity index (χ1v) is 8.73. The fourth-order valence-corrected chi connectivity index (χ4v) is 3.22. The van der Waals surface area contributed by atoms with E-state index >= 15 is 0 Å². The van der Waals surface area contributed by atoms with Crippen molar-refractivity contribution in [2.45, 2.75) is 13.5 Å². The molecule has 0 bridgehead atoms. The molecule has 134 valence electrons. The first-order chi connectivity index (χ1) is 13.2. The molecule has 6 nitrogen and oxygen atoms in total. The Balaban J connectivity index is 1.91. The van der Waals surface area contributed by atoms with Gasteiger partial charge in [-0.1, -0.05) is 18.1 Å². The van der Waals surface area contributed by atoms with Crippen LogP contribution in [0.4, 0.5) is 0 Å². The number of aromatic nitrogens is 2. The maximum atomic E-state index is 12.3. The molecule has 0 fully saturated rings. The lowest BCUT2D eigenvalue weighted by Crippen LogP contribution is -2.24. The lowest BCUT2D eigenvalue weighted by Gasteiger charge is -2.17. The molecule has 2 aliphatic heterocycles. The summed E-state index contributed by atoms with van der Waals surface area (Å²) in [6.07, 6.45) is 13.3. The number of esters is 1. The second-order valence-corrected chi connectivity index (χ2v) is 6.06. The summed E-state index contributed by atoms with van der Waals surface area (Å²) in [6.45, 7) is 3.11. The van der Waals surface area contributed by atoms with Crippen molar-refractivity contribution in [3.63, 3.8) is 0 Å². The Morgan fingerprint density at radius 2 is 2.33 bits per heavy atom. The van der Waals surface area contributed by atoms with Crippen LogP contribution < -0.4 is 5.32 Å². The van der Waals surface area contributed by atoms with E-state index < -0.39 is 5.97 Å².